The minimum atomic E-state index is 0.150. The highest BCUT2D eigenvalue weighted by atomic mass is 15.1. The summed E-state index contributed by atoms with van der Waals surface area (Å²) in [4.78, 5) is 2.40. The maximum absolute atomic E-state index is 5.50. The van der Waals surface area contributed by atoms with Crippen LogP contribution in [0.15, 0.2) is 24.3 Å². The summed E-state index contributed by atoms with van der Waals surface area (Å²) in [6.45, 7) is 10.4. The van der Waals surface area contributed by atoms with Crippen molar-refractivity contribution >= 4 is 0 Å². The second-order valence-corrected chi connectivity index (χ2v) is 7.24. The molecule has 0 radical (unpaired) electrons. The normalized spacial score (nSPS) is 15.2. The van der Waals surface area contributed by atoms with Crippen LogP contribution in [-0.4, -0.2) is 23.5 Å². The maximum atomic E-state index is 5.50. The molecule has 0 unspecified atom stereocenters. The Labute approximate surface area is 129 Å². The van der Waals surface area contributed by atoms with Crippen LogP contribution in [0.2, 0.25) is 0 Å². The molecule has 2 rings (SSSR count). The lowest BCUT2D eigenvalue weighted by molar-refractivity contribution is 0.286. The van der Waals surface area contributed by atoms with E-state index in [1.165, 1.54) is 24.0 Å². The van der Waals surface area contributed by atoms with E-state index < -0.39 is 0 Å². The summed E-state index contributed by atoms with van der Waals surface area (Å²) in [6.07, 6.45) is 8.25. The summed E-state index contributed by atoms with van der Waals surface area (Å²) in [5, 5.41) is 3.54. The summed E-state index contributed by atoms with van der Waals surface area (Å²) in [7, 11) is 0. The van der Waals surface area contributed by atoms with Gasteiger partial charge in [-0.2, -0.15) is 0 Å². The molecule has 1 fully saturated rings. The Morgan fingerprint density at radius 1 is 1.29 bits per heavy atom. The van der Waals surface area contributed by atoms with Crippen LogP contribution in [0.3, 0.4) is 0 Å². The van der Waals surface area contributed by atoms with E-state index in [4.69, 9.17) is 6.42 Å². The van der Waals surface area contributed by atoms with Crippen molar-refractivity contribution in [2.24, 2.45) is 5.92 Å². The predicted octanol–water partition coefficient (Wildman–Crippen LogP) is 3.42. The topological polar surface area (TPSA) is 15.3 Å². The Morgan fingerprint density at radius 3 is 2.62 bits per heavy atom. The zero-order chi connectivity index (χ0) is 15.3. The van der Waals surface area contributed by atoms with Crippen LogP contribution < -0.4 is 5.32 Å². The van der Waals surface area contributed by atoms with Gasteiger partial charge < -0.3 is 5.32 Å². The van der Waals surface area contributed by atoms with Crippen LogP contribution in [0.5, 0.6) is 0 Å². The average Bonchev–Trinajstić information content (AvgIpc) is 3.20. The van der Waals surface area contributed by atoms with E-state index in [9.17, 15) is 0 Å². The minimum absolute atomic E-state index is 0.150. The largest absolute Gasteiger partial charge is 0.308 e. The van der Waals surface area contributed by atoms with Gasteiger partial charge in [0.15, 0.2) is 0 Å². The summed E-state index contributed by atoms with van der Waals surface area (Å²) in [5.41, 5.74) is 2.85. The van der Waals surface area contributed by atoms with Gasteiger partial charge in [0.05, 0.1) is 6.54 Å². The minimum Gasteiger partial charge on any atom is -0.308 e. The molecule has 1 aliphatic rings. The van der Waals surface area contributed by atoms with Crippen molar-refractivity contribution in [3.63, 3.8) is 0 Å². The molecule has 1 saturated carbocycles. The van der Waals surface area contributed by atoms with Gasteiger partial charge in [0.25, 0.3) is 0 Å². The third-order valence-corrected chi connectivity index (χ3v) is 3.75. The summed E-state index contributed by atoms with van der Waals surface area (Å²) in [5.74, 6) is 3.67. The molecule has 0 bridgehead atoms. The molecule has 0 atom stereocenters. The summed E-state index contributed by atoms with van der Waals surface area (Å²) < 4.78 is 0. The first kappa shape index (κ1) is 16.1. The fourth-order valence-electron chi connectivity index (χ4n) is 2.44. The molecule has 0 heterocycles. The molecule has 2 nitrogen and oxygen atoms in total. The molecule has 1 aliphatic carbocycles. The van der Waals surface area contributed by atoms with Gasteiger partial charge in [-0.05, 0) is 50.7 Å². The Bertz CT molecular complexity index is 489. The molecule has 1 N–H and O–H groups in total. The van der Waals surface area contributed by atoms with Crippen LogP contribution >= 0.6 is 0 Å². The fourth-order valence-corrected chi connectivity index (χ4v) is 2.44. The lowest BCUT2D eigenvalue weighted by atomic mass is 10.1. The molecular formula is C19H28N2. The molecule has 0 aromatic heterocycles. The van der Waals surface area contributed by atoms with Crippen LogP contribution in [0.1, 0.15) is 44.7 Å². The van der Waals surface area contributed by atoms with E-state index in [2.05, 4.69) is 61.2 Å². The van der Waals surface area contributed by atoms with E-state index in [1.54, 1.807) is 0 Å². The molecule has 1 aromatic carbocycles. The first-order chi connectivity index (χ1) is 9.96. The lowest BCUT2D eigenvalue weighted by Gasteiger charge is -2.22. The molecule has 2 heteroatoms. The average molecular weight is 284 g/mol. The number of nitrogens with one attached hydrogen (secondary N) is 1. The Kier molecular flexibility index (Phi) is 5.45. The third-order valence-electron chi connectivity index (χ3n) is 3.75. The van der Waals surface area contributed by atoms with Crippen molar-refractivity contribution < 1.29 is 0 Å². The second-order valence-electron chi connectivity index (χ2n) is 7.24. The van der Waals surface area contributed by atoms with E-state index in [-0.39, 0.29) is 5.54 Å². The SMILES string of the molecule is C#CCN(Cc1cccc(CNC(C)(C)C)c1)CC1CC1. The van der Waals surface area contributed by atoms with Crippen molar-refractivity contribution in [1.82, 2.24) is 10.2 Å². The van der Waals surface area contributed by atoms with Gasteiger partial charge in [-0.3, -0.25) is 4.90 Å². The van der Waals surface area contributed by atoms with Crippen molar-refractivity contribution in [2.75, 3.05) is 13.1 Å². The number of nitrogens with zero attached hydrogens (tertiary/aromatic N) is 1. The number of terminal acetylenes is 1. The Hall–Kier alpha value is -1.30. The highest BCUT2D eigenvalue weighted by Gasteiger charge is 2.23. The molecule has 1 aromatic rings. The van der Waals surface area contributed by atoms with Gasteiger partial charge in [-0.25, -0.2) is 0 Å². The van der Waals surface area contributed by atoms with Gasteiger partial charge in [-0.15, -0.1) is 6.42 Å². The van der Waals surface area contributed by atoms with E-state index in [1.807, 2.05) is 0 Å². The third kappa shape index (κ3) is 6.33. The Morgan fingerprint density at radius 2 is 2.00 bits per heavy atom. The van der Waals surface area contributed by atoms with Gasteiger partial charge in [-0.1, -0.05) is 30.2 Å². The molecule has 0 saturated heterocycles. The number of hydrogen-bond acceptors (Lipinski definition) is 2. The monoisotopic (exact) mass is 284 g/mol. The highest BCUT2D eigenvalue weighted by Crippen LogP contribution is 2.30. The van der Waals surface area contributed by atoms with Gasteiger partial charge in [0.1, 0.15) is 0 Å². The zero-order valence-corrected chi connectivity index (χ0v) is 13.7. The summed E-state index contributed by atoms with van der Waals surface area (Å²) >= 11 is 0. The standard InChI is InChI=1S/C19H28N2/c1-5-11-21(14-16-9-10-16)15-18-8-6-7-17(12-18)13-20-19(2,3)4/h1,6-8,12,16,20H,9-11,13-15H2,2-4H3. The zero-order valence-electron chi connectivity index (χ0n) is 13.7. The quantitative estimate of drug-likeness (QED) is 0.772. The second kappa shape index (κ2) is 7.11. The molecular weight excluding hydrogens is 256 g/mol. The van der Waals surface area contributed by atoms with E-state index in [0.29, 0.717) is 0 Å². The van der Waals surface area contributed by atoms with Crippen LogP contribution in [0, 0.1) is 18.3 Å². The summed E-state index contributed by atoms with van der Waals surface area (Å²) in [6, 6.07) is 8.85. The van der Waals surface area contributed by atoms with Crippen LogP contribution in [0.4, 0.5) is 0 Å². The smallest absolute Gasteiger partial charge is 0.0601 e. The fraction of sp³-hybridized carbons (Fsp3) is 0.579. The van der Waals surface area contributed by atoms with Gasteiger partial charge >= 0.3 is 0 Å². The maximum Gasteiger partial charge on any atom is 0.0601 e. The highest BCUT2D eigenvalue weighted by molar-refractivity contribution is 5.23. The predicted molar refractivity (Wildman–Crippen MR) is 89.9 cm³/mol. The molecule has 114 valence electrons. The number of hydrogen-bond donors (Lipinski definition) is 1. The first-order valence-electron chi connectivity index (χ1n) is 7.95. The van der Waals surface area contributed by atoms with E-state index in [0.717, 1.165) is 32.1 Å². The molecule has 0 spiro atoms. The molecule has 0 amide bonds. The van der Waals surface area contributed by atoms with Crippen molar-refractivity contribution in [3.8, 4) is 12.3 Å². The van der Waals surface area contributed by atoms with Crippen molar-refractivity contribution in [3.05, 3.63) is 35.4 Å². The first-order valence-corrected chi connectivity index (χ1v) is 7.95. The van der Waals surface area contributed by atoms with Crippen LogP contribution in [-0.2, 0) is 13.1 Å². The van der Waals surface area contributed by atoms with Crippen molar-refractivity contribution in [1.29, 1.82) is 0 Å². The molecule has 21 heavy (non-hydrogen) atoms. The van der Waals surface area contributed by atoms with E-state index >= 15 is 0 Å². The van der Waals surface area contributed by atoms with Crippen LogP contribution in [0.25, 0.3) is 0 Å². The van der Waals surface area contributed by atoms with Crippen molar-refractivity contribution in [2.45, 2.75) is 52.2 Å². The Balaban J connectivity index is 1.93. The number of benzene rings is 1. The number of rotatable bonds is 7. The van der Waals surface area contributed by atoms with Gasteiger partial charge in [0, 0.05) is 25.2 Å². The van der Waals surface area contributed by atoms with Gasteiger partial charge in [0.2, 0.25) is 0 Å². The molecule has 0 aliphatic heterocycles. The lowest BCUT2D eigenvalue weighted by Crippen LogP contribution is -2.35.